The minimum atomic E-state index is -2.40. The number of halogens is 5. The van der Waals surface area contributed by atoms with Gasteiger partial charge in [0.25, 0.3) is 0 Å². The average molecular weight is 1520 g/mol. The van der Waals surface area contributed by atoms with Gasteiger partial charge in [-0.3, -0.25) is 56.9 Å². The second kappa shape index (κ2) is 42.6. The zero-order valence-electron chi connectivity index (χ0n) is 58.3. The largest absolute Gasteiger partial charge is 0.496 e. The molecule has 580 valence electrons. The lowest BCUT2D eigenvalue weighted by Crippen LogP contribution is -2.60. The summed E-state index contributed by atoms with van der Waals surface area (Å²) in [7, 11) is -0.971. The van der Waals surface area contributed by atoms with Crippen LogP contribution in [-0.4, -0.2) is 235 Å². The van der Waals surface area contributed by atoms with Gasteiger partial charge in [-0.25, -0.2) is 13.2 Å². The van der Waals surface area contributed by atoms with Crippen LogP contribution < -0.4 is 52.4 Å². The third kappa shape index (κ3) is 24.5. The maximum atomic E-state index is 15.6. The SMILES string of the molecule is CC[C@H](C)[C@@H]1CCCC(=O)CNC(=O)[C@@H]2CCC(=O)[C@H]([C@@H](C)[C@@H](O)CO)NC(=O)[C@@H]3C[C@@H](O)CN3C(=O)[C@H](CC(N)=O)NC(=O)[C@@H](CS(=O)C3Nc4c(ccc(OC)c4CSCCCCNC(=O)CCOCCOCCOCCOCCC(=O)Oc4c(F)c(F)c(F)c(F)c4F)C32)NC(=O)CNC1=O. The first-order valence-corrected chi connectivity index (χ1v) is 36.9. The van der Waals surface area contributed by atoms with Crippen LogP contribution in [0.4, 0.5) is 27.6 Å². The number of Topliss-reactive ketones (excluding diaryl/α,β-unsaturated/α-hetero) is 2. The number of fused-ring (bicyclic) bond motifs is 4. The summed E-state index contributed by atoms with van der Waals surface area (Å²) in [4.78, 5) is 153. The number of carbonyl (C=O) groups excluding carboxylic acids is 11. The molecule has 2 aromatic carbocycles. The van der Waals surface area contributed by atoms with Crippen LogP contribution in [0.2, 0.25) is 0 Å². The minimum absolute atomic E-state index is 0.0161. The molecule has 0 aliphatic carbocycles. The van der Waals surface area contributed by atoms with Crippen molar-refractivity contribution in [3.8, 4) is 11.5 Å². The van der Waals surface area contributed by atoms with Gasteiger partial charge in [0.05, 0.1) is 117 Å². The molecular formula is C67H94F5N9O21S2. The molecule has 0 radical (unpaired) electrons. The first-order chi connectivity index (χ1) is 49.6. The van der Waals surface area contributed by atoms with E-state index < -0.39 is 228 Å². The Labute approximate surface area is 604 Å². The highest BCUT2D eigenvalue weighted by atomic mass is 32.2. The molecule has 0 saturated carbocycles. The van der Waals surface area contributed by atoms with Gasteiger partial charge in [0, 0.05) is 90.2 Å². The van der Waals surface area contributed by atoms with E-state index in [0.717, 1.165) is 4.90 Å². The van der Waals surface area contributed by atoms with E-state index >= 15 is 9.00 Å². The van der Waals surface area contributed by atoms with Crippen molar-refractivity contribution in [2.24, 2.45) is 29.4 Å². The lowest BCUT2D eigenvalue weighted by molar-refractivity contribution is -0.143. The Morgan fingerprint density at radius 2 is 1.41 bits per heavy atom. The number of hydrogen-bond donors (Lipinski definition) is 11. The number of nitrogens with one attached hydrogen (secondary N) is 7. The maximum absolute atomic E-state index is 15.6. The van der Waals surface area contributed by atoms with Crippen molar-refractivity contribution in [1.82, 2.24) is 36.8 Å². The lowest BCUT2D eigenvalue weighted by atomic mass is 9.81. The molecule has 0 aromatic heterocycles. The normalized spacial score (nSPS) is 24.2. The summed E-state index contributed by atoms with van der Waals surface area (Å²) in [5.41, 5.74) is 6.93. The number of ether oxygens (including phenoxy) is 6. The summed E-state index contributed by atoms with van der Waals surface area (Å²) >= 11 is 1.47. The number of amides is 8. The molecule has 3 fully saturated rings. The first-order valence-electron chi connectivity index (χ1n) is 34.4. The molecule has 4 aliphatic heterocycles. The number of thioether (sulfide) groups is 1. The fourth-order valence-electron chi connectivity index (χ4n) is 12.3. The van der Waals surface area contributed by atoms with Gasteiger partial charge < -0.3 is 91.6 Å². The molecule has 2 aromatic rings. The van der Waals surface area contributed by atoms with Crippen LogP contribution >= 0.6 is 11.8 Å². The number of hydrogen-bond acceptors (Lipinski definition) is 23. The molecule has 104 heavy (non-hydrogen) atoms. The predicted octanol–water partition coefficient (Wildman–Crippen LogP) is 0.464. The van der Waals surface area contributed by atoms with E-state index in [0.29, 0.717) is 54.1 Å². The van der Waals surface area contributed by atoms with Crippen LogP contribution in [0.5, 0.6) is 11.5 Å². The van der Waals surface area contributed by atoms with Crippen LogP contribution in [0.25, 0.3) is 0 Å². The lowest BCUT2D eigenvalue weighted by Gasteiger charge is -2.33. The van der Waals surface area contributed by atoms with Crippen LogP contribution in [0.3, 0.4) is 0 Å². The number of rotatable bonds is 31. The highest BCUT2D eigenvalue weighted by Crippen LogP contribution is 2.49. The molecule has 2 bridgehead atoms. The van der Waals surface area contributed by atoms with Gasteiger partial charge in [0.2, 0.25) is 82.1 Å². The summed E-state index contributed by atoms with van der Waals surface area (Å²) in [6.07, 6.45) is -3.60. The van der Waals surface area contributed by atoms with Gasteiger partial charge in [0.1, 0.15) is 29.2 Å². The Balaban J connectivity index is 1.12. The van der Waals surface area contributed by atoms with Gasteiger partial charge >= 0.3 is 5.97 Å². The molecule has 0 spiro atoms. The van der Waals surface area contributed by atoms with Gasteiger partial charge in [0.15, 0.2) is 11.6 Å². The van der Waals surface area contributed by atoms with E-state index in [1.54, 1.807) is 12.1 Å². The van der Waals surface area contributed by atoms with Crippen molar-refractivity contribution in [1.29, 1.82) is 0 Å². The molecule has 6 rings (SSSR count). The number of primary amides is 1. The van der Waals surface area contributed by atoms with Crippen molar-refractivity contribution in [3.05, 3.63) is 52.3 Å². The quantitative estimate of drug-likeness (QED) is 0.0122. The smallest absolute Gasteiger partial charge is 0.313 e. The Hall–Kier alpha value is -7.52. The number of anilines is 1. The van der Waals surface area contributed by atoms with E-state index in [2.05, 4.69) is 42.0 Å². The topological polar surface area (TPSA) is 434 Å². The standard InChI is InChI=1S/C67H94F5N9O21S2/c1-5-35(2)39-10-8-9-37(83)29-75-63(92)41-11-13-46(85)59(36(3)47(86)32-82)79-65(94)45-27-38(84)31-81(45)67(95)43(28-49(73)87)78-64(93)44(77-51(89)30-76-62(39)91)34-104(96)66-53(41)40-12-14-48(97-4)42(60(40)80-66)33-103-26-7-6-17-74-50(88)15-18-98-20-22-100-24-25-101-23-21-99-19-16-52(90)102-61-57(71)55(69)54(68)56(70)58(61)72/h12,14,35-36,38-39,41,43-45,47,53,59,66,80,82,84,86H,5-11,13,15-34H2,1-4H3,(H2,73,87)(H,74,88)(H,75,92)(H,76,91)(H,77,89)(H,78,93)(H,79,94)/t35-,36-,38+,39-,41+,43-,44+,45-,47-,53?,59-,66?,104?/m0/s1. The molecule has 4 aliphatic rings. The molecular weight excluding hydrogens is 1430 g/mol. The average Bonchev–Trinajstić information content (AvgIpc) is 1.59. The molecule has 4 heterocycles. The molecule has 3 saturated heterocycles. The number of nitrogens with two attached hydrogens (primary N) is 1. The third-order valence-electron chi connectivity index (χ3n) is 18.3. The summed E-state index contributed by atoms with van der Waals surface area (Å²) in [5, 5.41) is 49.7. The number of unbranched alkanes of at least 4 members (excludes halogenated alkanes) is 1. The summed E-state index contributed by atoms with van der Waals surface area (Å²) in [6.45, 7) is 3.31. The number of esters is 1. The zero-order valence-corrected chi connectivity index (χ0v) is 59.9. The van der Waals surface area contributed by atoms with Crippen LogP contribution in [0, 0.1) is 52.8 Å². The van der Waals surface area contributed by atoms with Crippen LogP contribution in [-0.2, 0) is 88.2 Å². The summed E-state index contributed by atoms with van der Waals surface area (Å²) in [5.74, 6) is -26.9. The highest BCUT2D eigenvalue weighted by Gasteiger charge is 2.49. The van der Waals surface area contributed by atoms with E-state index in [-0.39, 0.29) is 103 Å². The highest BCUT2D eigenvalue weighted by molar-refractivity contribution is 7.98. The maximum Gasteiger partial charge on any atom is 0.313 e. The number of nitrogens with zero attached hydrogens (tertiary/aromatic N) is 1. The minimum Gasteiger partial charge on any atom is -0.496 e. The number of aliphatic hydroxyl groups excluding tert-OH is 3. The molecule has 12 N–H and O–H groups in total. The van der Waals surface area contributed by atoms with E-state index in [4.69, 9.17) is 29.4 Å². The number of aliphatic hydroxyl groups is 3. The second-order valence-electron chi connectivity index (χ2n) is 25.6. The predicted molar refractivity (Wildman–Crippen MR) is 362 cm³/mol. The van der Waals surface area contributed by atoms with Gasteiger partial charge in [-0.1, -0.05) is 33.3 Å². The van der Waals surface area contributed by atoms with Crippen molar-refractivity contribution in [2.75, 3.05) is 110 Å². The van der Waals surface area contributed by atoms with Crippen LogP contribution in [0.15, 0.2) is 12.1 Å². The number of methoxy groups -OCH3 is 1. The molecule has 8 amide bonds. The Morgan fingerprint density at radius 1 is 0.779 bits per heavy atom. The summed E-state index contributed by atoms with van der Waals surface area (Å²) in [6, 6.07) is -3.62. The first kappa shape index (κ1) is 85.4. The van der Waals surface area contributed by atoms with E-state index in [1.807, 2.05) is 13.8 Å². The fraction of sp³-hybridized carbons (Fsp3) is 0.657. The fourth-order valence-corrected chi connectivity index (χ4v) is 15.1. The molecule has 13 atom stereocenters. The van der Waals surface area contributed by atoms with Gasteiger partial charge in [-0.15, -0.1) is 0 Å². The Bertz CT molecular complexity index is 3360. The second-order valence-corrected chi connectivity index (χ2v) is 28.3. The monoisotopic (exact) mass is 1520 g/mol. The van der Waals surface area contributed by atoms with Crippen molar-refractivity contribution >= 4 is 93.0 Å². The molecule has 3 unspecified atom stereocenters. The Morgan fingerprint density at radius 3 is 2.05 bits per heavy atom. The van der Waals surface area contributed by atoms with Crippen molar-refractivity contribution in [3.63, 3.8) is 0 Å². The number of benzene rings is 2. The van der Waals surface area contributed by atoms with Crippen LogP contribution in [0.1, 0.15) is 115 Å². The Kier molecular flexibility index (Phi) is 35.0. The van der Waals surface area contributed by atoms with Crippen molar-refractivity contribution < 1.29 is 123 Å². The van der Waals surface area contributed by atoms with E-state index in [9.17, 15) is 85.2 Å². The number of ketones is 2. The zero-order chi connectivity index (χ0) is 76.3. The number of carbonyl (C=O) groups is 11. The molecule has 30 nitrogen and oxygen atoms in total. The molecule has 37 heteroatoms. The van der Waals surface area contributed by atoms with Gasteiger partial charge in [-0.05, 0) is 55.4 Å². The van der Waals surface area contributed by atoms with Crippen molar-refractivity contribution in [2.45, 2.75) is 151 Å². The third-order valence-corrected chi connectivity index (χ3v) is 21.0. The van der Waals surface area contributed by atoms with E-state index in [1.165, 1.54) is 25.8 Å². The summed E-state index contributed by atoms with van der Waals surface area (Å²) < 4.78 is 115. The van der Waals surface area contributed by atoms with Gasteiger partial charge in [-0.2, -0.15) is 20.5 Å².